The molecule has 0 amide bonds. The van der Waals surface area contributed by atoms with Crippen LogP contribution < -0.4 is 10.1 Å². The molecule has 0 bridgehead atoms. The van der Waals surface area contributed by atoms with Crippen LogP contribution in [-0.4, -0.2) is 12.6 Å². The predicted molar refractivity (Wildman–Crippen MR) is 86.7 cm³/mol. The zero-order valence-corrected chi connectivity index (χ0v) is 13.6. The molecule has 1 aliphatic rings. The molecule has 0 aromatic heterocycles. The van der Waals surface area contributed by atoms with E-state index in [1.54, 1.807) is 0 Å². The Labute approximate surface area is 130 Å². The molecule has 2 nitrogen and oxygen atoms in total. The number of rotatable bonds is 6. The van der Waals surface area contributed by atoms with Gasteiger partial charge in [0.1, 0.15) is 12.4 Å². The van der Waals surface area contributed by atoms with Gasteiger partial charge in [0.05, 0.1) is 0 Å². The zero-order chi connectivity index (χ0) is 14.4. The van der Waals surface area contributed by atoms with E-state index in [-0.39, 0.29) is 0 Å². The molecule has 1 aliphatic carbocycles. The van der Waals surface area contributed by atoms with Crippen LogP contribution in [0.25, 0.3) is 0 Å². The first kappa shape index (κ1) is 15.4. The van der Waals surface area contributed by atoms with Gasteiger partial charge in [0.2, 0.25) is 0 Å². The largest absolute Gasteiger partial charge is 0.481 e. The fourth-order valence-electron chi connectivity index (χ4n) is 2.84. The summed E-state index contributed by atoms with van der Waals surface area (Å²) in [6.45, 7) is 3.42. The van der Waals surface area contributed by atoms with Crippen molar-refractivity contribution in [2.24, 2.45) is 5.92 Å². The van der Waals surface area contributed by atoms with E-state index < -0.39 is 0 Å². The van der Waals surface area contributed by atoms with Crippen molar-refractivity contribution in [3.63, 3.8) is 0 Å². The average molecular weight is 336 g/mol. The van der Waals surface area contributed by atoms with E-state index >= 15 is 0 Å². The van der Waals surface area contributed by atoms with Crippen LogP contribution in [0.5, 0.6) is 5.75 Å². The topological polar surface area (TPSA) is 21.3 Å². The number of hydrogen-bond acceptors (Lipinski definition) is 2. The standard InChI is InChI=1S/C17H22BrNO/c1-3-10-20-17-9-8-16(18)11-15(17)12-19-13(2)14-6-4-5-7-14/h1,8-9,11,13-14,19H,4-7,10,12H2,2H3/t13-/m0/s1. The van der Waals surface area contributed by atoms with Gasteiger partial charge in [0.25, 0.3) is 0 Å². The third kappa shape index (κ3) is 4.26. The lowest BCUT2D eigenvalue weighted by Crippen LogP contribution is -2.31. The third-order valence-corrected chi connectivity index (χ3v) is 4.55. The van der Waals surface area contributed by atoms with E-state index in [4.69, 9.17) is 11.2 Å². The Bertz CT molecular complexity index is 474. The lowest BCUT2D eigenvalue weighted by Gasteiger charge is -2.21. The van der Waals surface area contributed by atoms with Crippen molar-refractivity contribution in [2.75, 3.05) is 6.61 Å². The molecule has 0 radical (unpaired) electrons. The number of benzene rings is 1. The Morgan fingerprint density at radius 3 is 2.90 bits per heavy atom. The van der Waals surface area contributed by atoms with Gasteiger partial charge in [0, 0.05) is 22.6 Å². The third-order valence-electron chi connectivity index (χ3n) is 4.05. The van der Waals surface area contributed by atoms with Crippen LogP contribution in [0.4, 0.5) is 0 Å². The van der Waals surface area contributed by atoms with Crippen molar-refractivity contribution in [3.8, 4) is 18.1 Å². The molecule has 0 aliphatic heterocycles. The normalized spacial score (nSPS) is 16.9. The Hall–Kier alpha value is -0.980. The Morgan fingerprint density at radius 1 is 1.45 bits per heavy atom. The SMILES string of the molecule is C#CCOc1ccc(Br)cc1CN[C@@H](C)C1CCCC1. The number of nitrogens with one attached hydrogen (secondary N) is 1. The van der Waals surface area contributed by atoms with Gasteiger partial charge in [-0.05, 0) is 43.9 Å². The summed E-state index contributed by atoms with van der Waals surface area (Å²) in [6.07, 6.45) is 10.7. The van der Waals surface area contributed by atoms with Gasteiger partial charge in [-0.3, -0.25) is 0 Å². The molecular weight excluding hydrogens is 314 g/mol. The molecule has 2 rings (SSSR count). The van der Waals surface area contributed by atoms with Gasteiger partial charge < -0.3 is 10.1 Å². The molecule has 0 heterocycles. The lowest BCUT2D eigenvalue weighted by atomic mass is 9.99. The van der Waals surface area contributed by atoms with Gasteiger partial charge in [-0.1, -0.05) is 34.7 Å². The molecule has 1 atom stereocenters. The summed E-state index contributed by atoms with van der Waals surface area (Å²) in [5.74, 6) is 4.20. The first-order chi connectivity index (χ1) is 9.70. The van der Waals surface area contributed by atoms with Crippen molar-refractivity contribution in [2.45, 2.75) is 45.2 Å². The molecule has 1 N–H and O–H groups in total. The number of ether oxygens (including phenoxy) is 1. The van der Waals surface area contributed by atoms with Crippen LogP contribution in [0.3, 0.4) is 0 Å². The molecule has 1 fully saturated rings. The highest BCUT2D eigenvalue weighted by atomic mass is 79.9. The average Bonchev–Trinajstić information content (AvgIpc) is 2.98. The Balaban J connectivity index is 1.96. The fraction of sp³-hybridized carbons (Fsp3) is 0.529. The Kier molecular flexibility index (Phi) is 5.94. The van der Waals surface area contributed by atoms with Crippen molar-refractivity contribution in [1.82, 2.24) is 5.32 Å². The highest BCUT2D eigenvalue weighted by Crippen LogP contribution is 2.28. The van der Waals surface area contributed by atoms with Gasteiger partial charge in [-0.15, -0.1) is 6.42 Å². The number of hydrogen-bond donors (Lipinski definition) is 1. The maximum absolute atomic E-state index is 5.60. The van der Waals surface area contributed by atoms with Crippen molar-refractivity contribution < 1.29 is 4.74 Å². The van der Waals surface area contributed by atoms with Crippen LogP contribution in [0.2, 0.25) is 0 Å². The second-order valence-corrected chi connectivity index (χ2v) is 6.37. The number of halogens is 1. The minimum Gasteiger partial charge on any atom is -0.481 e. The summed E-state index contributed by atoms with van der Waals surface area (Å²) in [6, 6.07) is 6.60. The van der Waals surface area contributed by atoms with E-state index in [9.17, 15) is 0 Å². The van der Waals surface area contributed by atoms with E-state index in [0.717, 1.165) is 28.2 Å². The minimum absolute atomic E-state index is 0.312. The first-order valence-electron chi connectivity index (χ1n) is 7.29. The highest BCUT2D eigenvalue weighted by molar-refractivity contribution is 9.10. The summed E-state index contributed by atoms with van der Waals surface area (Å²) in [5, 5.41) is 3.63. The van der Waals surface area contributed by atoms with Crippen LogP contribution >= 0.6 is 15.9 Å². The van der Waals surface area contributed by atoms with Crippen LogP contribution in [0.15, 0.2) is 22.7 Å². The summed E-state index contributed by atoms with van der Waals surface area (Å²) in [4.78, 5) is 0. The first-order valence-corrected chi connectivity index (χ1v) is 8.08. The predicted octanol–water partition coefficient (Wildman–Crippen LogP) is 4.13. The molecule has 3 heteroatoms. The minimum atomic E-state index is 0.312. The lowest BCUT2D eigenvalue weighted by molar-refractivity contribution is 0.354. The quantitative estimate of drug-likeness (QED) is 0.789. The maximum Gasteiger partial charge on any atom is 0.148 e. The van der Waals surface area contributed by atoms with E-state index in [2.05, 4.69) is 40.2 Å². The second kappa shape index (κ2) is 7.71. The van der Waals surface area contributed by atoms with Crippen LogP contribution in [-0.2, 0) is 6.54 Å². The summed E-state index contributed by atoms with van der Waals surface area (Å²) in [7, 11) is 0. The van der Waals surface area contributed by atoms with Crippen molar-refractivity contribution >= 4 is 15.9 Å². The molecule has 108 valence electrons. The summed E-state index contributed by atoms with van der Waals surface area (Å²) < 4.78 is 6.67. The van der Waals surface area contributed by atoms with E-state index in [1.807, 2.05) is 12.1 Å². The second-order valence-electron chi connectivity index (χ2n) is 5.46. The number of terminal acetylenes is 1. The summed E-state index contributed by atoms with van der Waals surface area (Å²) in [5.41, 5.74) is 1.15. The Morgan fingerprint density at radius 2 is 2.20 bits per heavy atom. The molecule has 0 saturated heterocycles. The molecule has 1 saturated carbocycles. The van der Waals surface area contributed by atoms with Gasteiger partial charge in [-0.2, -0.15) is 0 Å². The smallest absolute Gasteiger partial charge is 0.148 e. The van der Waals surface area contributed by atoms with Crippen molar-refractivity contribution in [1.29, 1.82) is 0 Å². The molecular formula is C17H22BrNO. The van der Waals surface area contributed by atoms with Gasteiger partial charge >= 0.3 is 0 Å². The summed E-state index contributed by atoms with van der Waals surface area (Å²) >= 11 is 3.51. The van der Waals surface area contributed by atoms with Crippen LogP contribution in [0.1, 0.15) is 38.2 Å². The van der Waals surface area contributed by atoms with Crippen LogP contribution in [0, 0.1) is 18.3 Å². The van der Waals surface area contributed by atoms with Crippen molar-refractivity contribution in [3.05, 3.63) is 28.2 Å². The zero-order valence-electron chi connectivity index (χ0n) is 12.0. The molecule has 1 aromatic carbocycles. The fourth-order valence-corrected chi connectivity index (χ4v) is 3.25. The van der Waals surface area contributed by atoms with Gasteiger partial charge in [-0.25, -0.2) is 0 Å². The highest BCUT2D eigenvalue weighted by Gasteiger charge is 2.21. The molecule has 20 heavy (non-hydrogen) atoms. The monoisotopic (exact) mass is 335 g/mol. The molecule has 0 unspecified atom stereocenters. The van der Waals surface area contributed by atoms with E-state index in [0.29, 0.717) is 12.6 Å². The van der Waals surface area contributed by atoms with E-state index in [1.165, 1.54) is 25.7 Å². The van der Waals surface area contributed by atoms with Gasteiger partial charge in [0.15, 0.2) is 0 Å². The maximum atomic E-state index is 5.60. The molecule has 1 aromatic rings. The molecule has 0 spiro atoms.